The highest BCUT2D eigenvalue weighted by molar-refractivity contribution is 6.39. The Bertz CT molecular complexity index is 753. The number of nitrogens with one attached hydrogen (secondary N) is 2. The van der Waals surface area contributed by atoms with Crippen LogP contribution in [0.15, 0.2) is 36.7 Å². The minimum absolute atomic E-state index is 0.0408. The van der Waals surface area contributed by atoms with Crippen molar-refractivity contribution in [2.75, 3.05) is 23.3 Å². The zero-order valence-corrected chi connectivity index (χ0v) is 14.5. The number of hydrogen-bond donors (Lipinski definition) is 2. The van der Waals surface area contributed by atoms with Gasteiger partial charge in [-0.15, -0.1) is 0 Å². The molecule has 7 nitrogen and oxygen atoms in total. The van der Waals surface area contributed by atoms with E-state index in [9.17, 15) is 9.59 Å². The van der Waals surface area contributed by atoms with Crippen molar-refractivity contribution in [2.45, 2.75) is 25.8 Å². The van der Waals surface area contributed by atoms with Crippen LogP contribution in [0.5, 0.6) is 0 Å². The summed E-state index contributed by atoms with van der Waals surface area (Å²) in [6.45, 7) is 3.57. The largest absolute Gasteiger partial charge is 0.367 e. The lowest BCUT2D eigenvalue weighted by Gasteiger charge is -2.16. The van der Waals surface area contributed by atoms with Crippen molar-refractivity contribution in [3.63, 3.8) is 0 Å². The van der Waals surface area contributed by atoms with Gasteiger partial charge < -0.3 is 15.5 Å². The highest BCUT2D eigenvalue weighted by atomic mass is 16.2. The molecule has 7 heteroatoms. The molecule has 1 fully saturated rings. The van der Waals surface area contributed by atoms with Gasteiger partial charge in [-0.25, -0.2) is 0 Å². The molecule has 1 atom stereocenters. The van der Waals surface area contributed by atoms with Crippen LogP contribution < -0.4 is 15.5 Å². The van der Waals surface area contributed by atoms with E-state index in [1.165, 1.54) is 5.56 Å². The van der Waals surface area contributed by atoms with Gasteiger partial charge in [0.25, 0.3) is 0 Å². The predicted octanol–water partition coefficient (Wildman–Crippen LogP) is 1.32. The average Bonchev–Trinajstić information content (AvgIpc) is 3.24. The Labute approximate surface area is 147 Å². The monoisotopic (exact) mass is 341 g/mol. The maximum atomic E-state index is 12.1. The molecular weight excluding hydrogens is 318 g/mol. The molecule has 132 valence electrons. The van der Waals surface area contributed by atoms with Crippen LogP contribution in [-0.4, -0.2) is 40.7 Å². The number of carbonyl (C=O) groups is 2. The summed E-state index contributed by atoms with van der Waals surface area (Å²) in [5.74, 6) is -1.23. The van der Waals surface area contributed by atoms with Gasteiger partial charge in [-0.05, 0) is 30.5 Å². The molecule has 2 heterocycles. The zero-order valence-electron chi connectivity index (χ0n) is 14.5. The van der Waals surface area contributed by atoms with E-state index in [2.05, 4.69) is 27.6 Å². The third kappa shape index (κ3) is 4.17. The van der Waals surface area contributed by atoms with Crippen molar-refractivity contribution < 1.29 is 9.59 Å². The van der Waals surface area contributed by atoms with E-state index in [4.69, 9.17) is 0 Å². The first-order valence-electron chi connectivity index (χ1n) is 8.49. The van der Waals surface area contributed by atoms with E-state index in [1.807, 2.05) is 37.5 Å². The summed E-state index contributed by atoms with van der Waals surface area (Å²) in [6, 6.07) is 7.46. The fraction of sp³-hybridized carbons (Fsp3) is 0.389. The molecule has 0 aliphatic carbocycles. The van der Waals surface area contributed by atoms with Crippen LogP contribution in [0.1, 0.15) is 18.9 Å². The molecule has 1 aromatic carbocycles. The van der Waals surface area contributed by atoms with Crippen LogP contribution in [0.2, 0.25) is 0 Å². The molecular formula is C18H23N5O2. The fourth-order valence-corrected chi connectivity index (χ4v) is 2.95. The van der Waals surface area contributed by atoms with Crippen LogP contribution in [0, 0.1) is 0 Å². The molecule has 2 aromatic rings. The molecule has 1 aromatic heterocycles. The van der Waals surface area contributed by atoms with Gasteiger partial charge in [0.15, 0.2) is 0 Å². The zero-order chi connectivity index (χ0) is 17.8. The minimum Gasteiger partial charge on any atom is -0.367 e. The first-order valence-corrected chi connectivity index (χ1v) is 8.49. The van der Waals surface area contributed by atoms with E-state index >= 15 is 0 Å². The number of rotatable bonds is 4. The first kappa shape index (κ1) is 17.0. The Morgan fingerprint density at radius 3 is 2.64 bits per heavy atom. The molecule has 1 saturated heterocycles. The molecule has 2 N–H and O–H groups in total. The van der Waals surface area contributed by atoms with Gasteiger partial charge in [0.1, 0.15) is 0 Å². The number of carbonyl (C=O) groups excluding carboxylic acids is 2. The SMILES string of the molecule is CCc1ccc(NC(=O)C(=O)NC2CCN(c3cnn(C)c3)C2)cc1. The second-order valence-corrected chi connectivity index (χ2v) is 6.28. The lowest BCUT2D eigenvalue weighted by atomic mass is 10.1. The van der Waals surface area contributed by atoms with Crippen LogP contribution in [0.25, 0.3) is 0 Å². The van der Waals surface area contributed by atoms with Crippen molar-refractivity contribution in [3.8, 4) is 0 Å². The summed E-state index contributed by atoms with van der Waals surface area (Å²) in [4.78, 5) is 26.3. The second kappa shape index (κ2) is 7.38. The molecule has 0 saturated carbocycles. The lowest BCUT2D eigenvalue weighted by molar-refractivity contribution is -0.136. The van der Waals surface area contributed by atoms with E-state index < -0.39 is 11.8 Å². The fourth-order valence-electron chi connectivity index (χ4n) is 2.95. The number of aromatic nitrogens is 2. The second-order valence-electron chi connectivity index (χ2n) is 6.28. The minimum atomic E-state index is -0.635. The number of anilines is 2. The van der Waals surface area contributed by atoms with Gasteiger partial charge in [-0.1, -0.05) is 19.1 Å². The first-order chi connectivity index (χ1) is 12.0. The van der Waals surface area contributed by atoms with Gasteiger partial charge >= 0.3 is 11.8 Å². The highest BCUT2D eigenvalue weighted by Crippen LogP contribution is 2.19. The number of amides is 2. The summed E-state index contributed by atoms with van der Waals surface area (Å²) in [7, 11) is 1.87. The van der Waals surface area contributed by atoms with Crippen molar-refractivity contribution >= 4 is 23.2 Å². The van der Waals surface area contributed by atoms with Crippen LogP contribution in [-0.2, 0) is 23.1 Å². The van der Waals surface area contributed by atoms with Gasteiger partial charge in [-0.2, -0.15) is 5.10 Å². The van der Waals surface area contributed by atoms with E-state index in [-0.39, 0.29) is 6.04 Å². The van der Waals surface area contributed by atoms with E-state index in [0.29, 0.717) is 12.2 Å². The van der Waals surface area contributed by atoms with Crippen molar-refractivity contribution in [1.29, 1.82) is 0 Å². The van der Waals surface area contributed by atoms with Crippen molar-refractivity contribution in [2.24, 2.45) is 7.05 Å². The standard InChI is InChI=1S/C18H23N5O2/c1-3-13-4-6-14(7-5-13)20-17(24)18(25)21-15-8-9-23(11-15)16-10-19-22(2)12-16/h4-7,10,12,15H,3,8-9,11H2,1-2H3,(H,20,24)(H,21,25). The number of aryl methyl sites for hydroxylation is 2. The molecule has 0 spiro atoms. The summed E-state index contributed by atoms with van der Waals surface area (Å²) >= 11 is 0. The molecule has 1 aliphatic heterocycles. The molecule has 0 bridgehead atoms. The molecule has 25 heavy (non-hydrogen) atoms. The number of benzene rings is 1. The number of nitrogens with zero attached hydrogens (tertiary/aromatic N) is 3. The van der Waals surface area contributed by atoms with E-state index in [1.54, 1.807) is 10.9 Å². The Balaban J connectivity index is 1.50. The topological polar surface area (TPSA) is 79.3 Å². The van der Waals surface area contributed by atoms with Gasteiger partial charge in [0.05, 0.1) is 11.9 Å². The maximum absolute atomic E-state index is 12.1. The Morgan fingerprint density at radius 2 is 2.00 bits per heavy atom. The molecule has 1 aliphatic rings. The third-order valence-electron chi connectivity index (χ3n) is 4.41. The quantitative estimate of drug-likeness (QED) is 0.822. The Kier molecular flexibility index (Phi) is 5.02. The predicted molar refractivity (Wildman–Crippen MR) is 96.4 cm³/mol. The van der Waals surface area contributed by atoms with Crippen LogP contribution >= 0.6 is 0 Å². The highest BCUT2D eigenvalue weighted by Gasteiger charge is 2.26. The summed E-state index contributed by atoms with van der Waals surface area (Å²) in [6.07, 6.45) is 5.48. The van der Waals surface area contributed by atoms with Crippen molar-refractivity contribution in [3.05, 3.63) is 42.2 Å². The van der Waals surface area contributed by atoms with Gasteiger partial charge in [-0.3, -0.25) is 14.3 Å². The Hall–Kier alpha value is -2.83. The summed E-state index contributed by atoms with van der Waals surface area (Å²) in [5.41, 5.74) is 2.84. The third-order valence-corrected chi connectivity index (χ3v) is 4.41. The average molecular weight is 341 g/mol. The van der Waals surface area contributed by atoms with Gasteiger partial charge in [0, 0.05) is 38.1 Å². The van der Waals surface area contributed by atoms with Crippen LogP contribution in [0.3, 0.4) is 0 Å². The number of hydrogen-bond acceptors (Lipinski definition) is 4. The summed E-state index contributed by atoms with van der Waals surface area (Å²) in [5, 5.41) is 9.60. The maximum Gasteiger partial charge on any atom is 0.313 e. The molecule has 2 amide bonds. The normalized spacial score (nSPS) is 16.7. The summed E-state index contributed by atoms with van der Waals surface area (Å²) < 4.78 is 1.75. The Morgan fingerprint density at radius 1 is 1.24 bits per heavy atom. The van der Waals surface area contributed by atoms with Crippen molar-refractivity contribution in [1.82, 2.24) is 15.1 Å². The van der Waals surface area contributed by atoms with Gasteiger partial charge in [0.2, 0.25) is 0 Å². The molecule has 3 rings (SSSR count). The molecule has 0 radical (unpaired) electrons. The molecule has 1 unspecified atom stereocenters. The van der Waals surface area contributed by atoms with E-state index in [0.717, 1.165) is 25.1 Å². The smallest absolute Gasteiger partial charge is 0.313 e. The lowest BCUT2D eigenvalue weighted by Crippen LogP contribution is -2.43. The van der Waals surface area contributed by atoms with Crippen LogP contribution in [0.4, 0.5) is 11.4 Å².